The summed E-state index contributed by atoms with van der Waals surface area (Å²) in [6.07, 6.45) is 3.52. The SMILES string of the molecule is c1nc2[nH]ccc2[nH]1. The molecular weight excluding hydrogens is 102 g/mol. The lowest BCUT2D eigenvalue weighted by molar-refractivity contribution is 1.30. The molecule has 2 heterocycles. The second-order valence-electron chi connectivity index (χ2n) is 1.64. The zero-order valence-corrected chi connectivity index (χ0v) is 4.18. The summed E-state index contributed by atoms with van der Waals surface area (Å²) in [6, 6.07) is 1.95. The number of nitrogens with one attached hydrogen (secondary N) is 2. The summed E-state index contributed by atoms with van der Waals surface area (Å²) in [7, 11) is 0. The monoisotopic (exact) mass is 107 g/mol. The Bertz CT molecular complexity index is 229. The lowest BCUT2D eigenvalue weighted by atomic mass is 10.6. The Balaban J connectivity index is 3.06. The molecule has 0 bridgehead atoms. The maximum Gasteiger partial charge on any atom is 0.155 e. The number of nitrogens with zero attached hydrogens (tertiary/aromatic N) is 1. The van der Waals surface area contributed by atoms with Crippen LogP contribution in [0.3, 0.4) is 0 Å². The fourth-order valence-electron chi connectivity index (χ4n) is 0.750. The van der Waals surface area contributed by atoms with Gasteiger partial charge in [-0.15, -0.1) is 0 Å². The van der Waals surface area contributed by atoms with Crippen LogP contribution in [0.2, 0.25) is 0 Å². The van der Waals surface area contributed by atoms with Crippen molar-refractivity contribution in [3.8, 4) is 0 Å². The number of imidazole rings is 1. The van der Waals surface area contributed by atoms with E-state index in [1.54, 1.807) is 6.33 Å². The Hall–Kier alpha value is -1.25. The Morgan fingerprint density at radius 2 is 2.38 bits per heavy atom. The number of hydrogen-bond donors (Lipinski definition) is 2. The van der Waals surface area contributed by atoms with Crippen LogP contribution in [0.1, 0.15) is 0 Å². The van der Waals surface area contributed by atoms with Crippen LogP contribution in [0.4, 0.5) is 0 Å². The van der Waals surface area contributed by atoms with Crippen molar-refractivity contribution < 1.29 is 0 Å². The van der Waals surface area contributed by atoms with E-state index in [0.717, 1.165) is 11.2 Å². The molecule has 0 aliphatic carbocycles. The Morgan fingerprint density at radius 1 is 1.38 bits per heavy atom. The van der Waals surface area contributed by atoms with Gasteiger partial charge >= 0.3 is 0 Å². The van der Waals surface area contributed by atoms with E-state index < -0.39 is 0 Å². The van der Waals surface area contributed by atoms with E-state index in [9.17, 15) is 0 Å². The van der Waals surface area contributed by atoms with Crippen LogP contribution in [0.5, 0.6) is 0 Å². The van der Waals surface area contributed by atoms with E-state index in [4.69, 9.17) is 0 Å². The van der Waals surface area contributed by atoms with Crippen molar-refractivity contribution in [2.75, 3.05) is 0 Å². The van der Waals surface area contributed by atoms with Gasteiger partial charge in [0, 0.05) is 6.20 Å². The lowest BCUT2D eigenvalue weighted by Crippen LogP contribution is -1.58. The van der Waals surface area contributed by atoms with Crippen LogP contribution >= 0.6 is 0 Å². The number of fused-ring (bicyclic) bond motifs is 1. The smallest absolute Gasteiger partial charge is 0.155 e. The zero-order chi connectivity index (χ0) is 5.40. The fourth-order valence-corrected chi connectivity index (χ4v) is 0.750. The van der Waals surface area contributed by atoms with Gasteiger partial charge in [0.15, 0.2) is 5.65 Å². The standard InChI is InChI=1S/C5H5N3/c1-2-6-5-4(1)7-3-8-5/h1-3,6H,(H,7,8). The van der Waals surface area contributed by atoms with E-state index >= 15 is 0 Å². The highest BCUT2D eigenvalue weighted by Crippen LogP contribution is 2.02. The number of aromatic amines is 2. The predicted molar refractivity (Wildman–Crippen MR) is 30.4 cm³/mol. The number of H-pyrrole nitrogens is 2. The second kappa shape index (κ2) is 1.12. The Morgan fingerprint density at radius 3 is 3.25 bits per heavy atom. The van der Waals surface area contributed by atoms with Gasteiger partial charge in [-0.2, -0.15) is 0 Å². The summed E-state index contributed by atoms with van der Waals surface area (Å²) in [4.78, 5) is 9.88. The van der Waals surface area contributed by atoms with Gasteiger partial charge in [-0.1, -0.05) is 0 Å². The average molecular weight is 107 g/mol. The van der Waals surface area contributed by atoms with Crippen LogP contribution < -0.4 is 0 Å². The van der Waals surface area contributed by atoms with Gasteiger partial charge in [-0.05, 0) is 6.07 Å². The summed E-state index contributed by atoms with van der Waals surface area (Å²) in [6.45, 7) is 0. The van der Waals surface area contributed by atoms with Gasteiger partial charge in [-0.3, -0.25) is 0 Å². The molecule has 40 valence electrons. The lowest BCUT2D eigenvalue weighted by Gasteiger charge is -1.65. The van der Waals surface area contributed by atoms with Crippen molar-refractivity contribution in [2.24, 2.45) is 0 Å². The van der Waals surface area contributed by atoms with Crippen LogP contribution in [0, 0.1) is 0 Å². The van der Waals surface area contributed by atoms with Crippen molar-refractivity contribution in [1.29, 1.82) is 0 Å². The third kappa shape index (κ3) is 0.307. The number of rotatable bonds is 0. The molecule has 0 fully saturated rings. The minimum Gasteiger partial charge on any atom is -0.345 e. The fraction of sp³-hybridized carbons (Fsp3) is 0. The summed E-state index contributed by atoms with van der Waals surface area (Å²) in [5.74, 6) is 0. The summed E-state index contributed by atoms with van der Waals surface area (Å²) < 4.78 is 0. The maximum atomic E-state index is 3.97. The highest BCUT2D eigenvalue weighted by atomic mass is 14.9. The molecule has 2 rings (SSSR count). The first-order valence-electron chi connectivity index (χ1n) is 2.43. The van der Waals surface area contributed by atoms with Crippen LogP contribution in [-0.2, 0) is 0 Å². The third-order valence-corrected chi connectivity index (χ3v) is 1.14. The van der Waals surface area contributed by atoms with E-state index in [-0.39, 0.29) is 0 Å². The molecule has 0 spiro atoms. The first kappa shape index (κ1) is 3.72. The highest BCUT2D eigenvalue weighted by Gasteiger charge is 1.90. The van der Waals surface area contributed by atoms with Crippen molar-refractivity contribution in [2.45, 2.75) is 0 Å². The molecule has 2 N–H and O–H groups in total. The first-order chi connectivity index (χ1) is 3.97. The molecular formula is C5H5N3. The molecule has 0 radical (unpaired) electrons. The third-order valence-electron chi connectivity index (χ3n) is 1.14. The molecule has 0 saturated carbocycles. The van der Waals surface area contributed by atoms with Gasteiger partial charge in [0.1, 0.15) is 0 Å². The normalized spacial score (nSPS) is 10.5. The van der Waals surface area contributed by atoms with E-state index in [1.807, 2.05) is 12.3 Å². The van der Waals surface area contributed by atoms with Crippen molar-refractivity contribution >= 4 is 11.2 Å². The van der Waals surface area contributed by atoms with Gasteiger partial charge in [0.2, 0.25) is 0 Å². The molecule has 0 aliphatic heterocycles. The summed E-state index contributed by atoms with van der Waals surface area (Å²) >= 11 is 0. The van der Waals surface area contributed by atoms with E-state index in [1.165, 1.54) is 0 Å². The average Bonchev–Trinajstić information content (AvgIpc) is 2.15. The van der Waals surface area contributed by atoms with Gasteiger partial charge in [0.05, 0.1) is 11.8 Å². The molecule has 2 aromatic heterocycles. The molecule has 2 aromatic rings. The molecule has 0 saturated heterocycles. The topological polar surface area (TPSA) is 44.5 Å². The van der Waals surface area contributed by atoms with Gasteiger partial charge in [0.25, 0.3) is 0 Å². The van der Waals surface area contributed by atoms with Crippen molar-refractivity contribution in [3.05, 3.63) is 18.6 Å². The molecule has 0 aromatic carbocycles. The highest BCUT2D eigenvalue weighted by molar-refractivity contribution is 5.69. The first-order valence-corrected chi connectivity index (χ1v) is 2.43. The van der Waals surface area contributed by atoms with Crippen LogP contribution in [0.25, 0.3) is 11.2 Å². The van der Waals surface area contributed by atoms with Gasteiger partial charge < -0.3 is 9.97 Å². The van der Waals surface area contributed by atoms with Gasteiger partial charge in [-0.25, -0.2) is 4.98 Å². The maximum absolute atomic E-state index is 3.97. The quantitative estimate of drug-likeness (QED) is 0.516. The van der Waals surface area contributed by atoms with Crippen molar-refractivity contribution in [1.82, 2.24) is 15.0 Å². The molecule has 3 nitrogen and oxygen atoms in total. The molecule has 3 heteroatoms. The Kier molecular flexibility index (Phi) is 0.521. The molecule has 0 amide bonds. The molecule has 0 unspecified atom stereocenters. The largest absolute Gasteiger partial charge is 0.345 e. The van der Waals surface area contributed by atoms with E-state index in [2.05, 4.69) is 15.0 Å². The van der Waals surface area contributed by atoms with Crippen LogP contribution in [-0.4, -0.2) is 15.0 Å². The molecule has 0 atom stereocenters. The van der Waals surface area contributed by atoms with E-state index in [0.29, 0.717) is 0 Å². The van der Waals surface area contributed by atoms with Crippen molar-refractivity contribution in [3.63, 3.8) is 0 Å². The number of hydrogen-bond acceptors (Lipinski definition) is 1. The molecule has 8 heavy (non-hydrogen) atoms. The van der Waals surface area contributed by atoms with Crippen LogP contribution in [0.15, 0.2) is 18.6 Å². The number of aromatic nitrogens is 3. The minimum absolute atomic E-state index is 0.921. The second-order valence-corrected chi connectivity index (χ2v) is 1.64. The minimum atomic E-state index is 0.921. The Labute approximate surface area is 45.8 Å². The predicted octanol–water partition coefficient (Wildman–Crippen LogP) is 0.891. The molecule has 0 aliphatic rings. The summed E-state index contributed by atoms with van der Waals surface area (Å²) in [5.41, 5.74) is 1.98. The summed E-state index contributed by atoms with van der Waals surface area (Å²) in [5, 5.41) is 0. The zero-order valence-electron chi connectivity index (χ0n) is 4.18.